The van der Waals surface area contributed by atoms with E-state index < -0.39 is 51.7 Å². The highest BCUT2D eigenvalue weighted by atomic mass is 16.6. The minimum Gasteiger partial charge on any atom is -0.455 e. The second kappa shape index (κ2) is 7.37. The first-order valence-electron chi connectivity index (χ1n) is 12.8. The van der Waals surface area contributed by atoms with Crippen molar-refractivity contribution in [1.82, 2.24) is 0 Å². The Bertz CT molecular complexity index is 1080. The van der Waals surface area contributed by atoms with E-state index in [0.717, 1.165) is 11.1 Å². The first kappa shape index (κ1) is 24.9. The van der Waals surface area contributed by atoms with Crippen LogP contribution >= 0.6 is 0 Å². The molecule has 0 radical (unpaired) electrons. The zero-order valence-electron chi connectivity index (χ0n) is 21.3. The summed E-state index contributed by atoms with van der Waals surface area (Å²) in [4.78, 5) is 25.6. The predicted molar refractivity (Wildman–Crippen MR) is 128 cm³/mol. The van der Waals surface area contributed by atoms with Gasteiger partial charge >= 0.3 is 5.97 Å². The number of carbonyl (C=O) groups excluding carboxylic acids is 2. The average molecular weight is 487 g/mol. The number of aliphatic hydroxyl groups excluding tert-OH is 1. The van der Waals surface area contributed by atoms with Crippen molar-refractivity contribution in [3.8, 4) is 0 Å². The SMILES string of the molecule is CC1=C(C)C(=O)O[C@H]([C@](C)(O)[C@]2(O)C[C@H](O)[C@]3(O)[C@H]4CC=C5CC=CC(=O)[C@]5(C)[C@@H]4CC[C@@]32C)C1. The van der Waals surface area contributed by atoms with Crippen molar-refractivity contribution in [2.24, 2.45) is 22.7 Å². The molecule has 7 nitrogen and oxygen atoms in total. The Morgan fingerprint density at radius 3 is 2.49 bits per heavy atom. The second-order valence-corrected chi connectivity index (χ2v) is 12.3. The molecule has 2 saturated carbocycles. The van der Waals surface area contributed by atoms with Crippen molar-refractivity contribution < 1.29 is 34.8 Å². The first-order chi connectivity index (χ1) is 16.2. The fourth-order valence-corrected chi connectivity index (χ4v) is 8.44. The smallest absolute Gasteiger partial charge is 0.334 e. The maximum absolute atomic E-state index is 13.1. The predicted octanol–water partition coefficient (Wildman–Crippen LogP) is 2.51. The van der Waals surface area contributed by atoms with Gasteiger partial charge in [-0.25, -0.2) is 4.79 Å². The maximum atomic E-state index is 13.1. The largest absolute Gasteiger partial charge is 0.455 e. The van der Waals surface area contributed by atoms with E-state index in [4.69, 9.17) is 4.74 Å². The number of ether oxygens (including phenoxy) is 1. The lowest BCUT2D eigenvalue weighted by molar-refractivity contribution is -0.283. The molecule has 4 aliphatic carbocycles. The van der Waals surface area contributed by atoms with Crippen LogP contribution in [0.25, 0.3) is 0 Å². The molecule has 0 aromatic carbocycles. The molecule has 0 aromatic rings. The molecule has 35 heavy (non-hydrogen) atoms. The van der Waals surface area contributed by atoms with Gasteiger partial charge in [0, 0.05) is 23.8 Å². The van der Waals surface area contributed by atoms with Gasteiger partial charge in [-0.2, -0.15) is 0 Å². The molecule has 0 saturated heterocycles. The summed E-state index contributed by atoms with van der Waals surface area (Å²) in [5.74, 6) is -1.19. The van der Waals surface area contributed by atoms with Gasteiger partial charge in [-0.05, 0) is 71.3 Å². The maximum Gasteiger partial charge on any atom is 0.334 e. The van der Waals surface area contributed by atoms with E-state index in [1.807, 2.05) is 19.1 Å². The monoisotopic (exact) mass is 486 g/mol. The molecule has 0 spiro atoms. The van der Waals surface area contributed by atoms with Crippen LogP contribution in [-0.4, -0.2) is 61.2 Å². The summed E-state index contributed by atoms with van der Waals surface area (Å²) in [5.41, 5.74) is -5.33. The molecule has 1 heterocycles. The third-order valence-electron chi connectivity index (χ3n) is 11.1. The highest BCUT2D eigenvalue weighted by molar-refractivity contribution is 5.98. The molecule has 7 heteroatoms. The first-order valence-corrected chi connectivity index (χ1v) is 12.8. The van der Waals surface area contributed by atoms with Crippen molar-refractivity contribution in [3.05, 3.63) is 34.9 Å². The fourth-order valence-electron chi connectivity index (χ4n) is 8.44. The molecule has 1 aliphatic heterocycles. The zero-order valence-corrected chi connectivity index (χ0v) is 21.3. The third kappa shape index (κ3) is 2.76. The minimum absolute atomic E-state index is 0.0124. The van der Waals surface area contributed by atoms with E-state index in [1.54, 1.807) is 26.8 Å². The van der Waals surface area contributed by atoms with Gasteiger partial charge in [0.05, 0.1) is 11.5 Å². The normalized spacial score (nSPS) is 49.0. The summed E-state index contributed by atoms with van der Waals surface area (Å²) in [6.45, 7) is 8.60. The molecule has 5 rings (SSSR count). The summed E-state index contributed by atoms with van der Waals surface area (Å²) in [6.07, 6.45) is 5.24. The van der Waals surface area contributed by atoms with E-state index in [2.05, 4.69) is 0 Å². The summed E-state index contributed by atoms with van der Waals surface area (Å²) < 4.78 is 5.58. The topological polar surface area (TPSA) is 124 Å². The van der Waals surface area contributed by atoms with Gasteiger partial charge in [0.2, 0.25) is 0 Å². The number of hydrogen-bond donors (Lipinski definition) is 4. The van der Waals surface area contributed by atoms with Crippen molar-refractivity contribution in [2.45, 2.75) is 102 Å². The minimum atomic E-state index is -1.93. The van der Waals surface area contributed by atoms with E-state index in [1.165, 1.54) is 6.92 Å². The Balaban J connectivity index is 1.57. The molecule has 9 atom stereocenters. The highest BCUT2D eigenvalue weighted by Crippen LogP contribution is 2.70. The number of ketones is 1. The van der Waals surface area contributed by atoms with Crippen molar-refractivity contribution >= 4 is 11.8 Å². The Hall–Kier alpha value is -1.80. The second-order valence-electron chi connectivity index (χ2n) is 12.3. The van der Waals surface area contributed by atoms with Crippen LogP contribution < -0.4 is 0 Å². The lowest BCUT2D eigenvalue weighted by Gasteiger charge is -2.63. The molecule has 0 bridgehead atoms. The Labute approximate surface area is 206 Å². The Kier molecular flexibility index (Phi) is 5.24. The lowest BCUT2D eigenvalue weighted by Crippen LogP contribution is -2.72. The van der Waals surface area contributed by atoms with Crippen LogP contribution in [0.3, 0.4) is 0 Å². The molecule has 192 valence electrons. The fraction of sp³-hybridized carbons (Fsp3) is 0.714. The average Bonchev–Trinajstić information content (AvgIpc) is 2.96. The molecule has 4 N–H and O–H groups in total. The molecule has 0 amide bonds. The van der Waals surface area contributed by atoms with Crippen molar-refractivity contribution in [2.75, 3.05) is 0 Å². The van der Waals surface area contributed by atoms with Crippen molar-refractivity contribution in [1.29, 1.82) is 0 Å². The van der Waals surface area contributed by atoms with E-state index in [0.29, 0.717) is 31.3 Å². The number of aliphatic hydroxyl groups is 4. The third-order valence-corrected chi connectivity index (χ3v) is 11.1. The summed E-state index contributed by atoms with van der Waals surface area (Å²) >= 11 is 0. The molecule has 5 aliphatic rings. The van der Waals surface area contributed by atoms with Gasteiger partial charge in [0.1, 0.15) is 22.9 Å². The standard InChI is InChI=1S/C28H38O7/c1-15-13-22(35-23(31)16(15)2)26(5,32)27(33)14-21(30)28(34)19-10-9-17-7-6-8-20(29)25(17,4)18(19)11-12-24(27,28)3/h6,8-9,18-19,21-22,30,32-34H,7,10-14H2,1-5H3/t18-,19+,21+,22+,24-,25+,26+,27+,28-/m1/s1. The highest BCUT2D eigenvalue weighted by Gasteiger charge is 2.79. The number of carbonyl (C=O) groups is 2. The van der Waals surface area contributed by atoms with Gasteiger partial charge in [0.15, 0.2) is 5.78 Å². The Morgan fingerprint density at radius 1 is 1.14 bits per heavy atom. The summed E-state index contributed by atoms with van der Waals surface area (Å²) in [5, 5.41) is 47.9. The van der Waals surface area contributed by atoms with E-state index in [-0.39, 0.29) is 24.5 Å². The number of rotatable bonds is 2. The van der Waals surface area contributed by atoms with Gasteiger partial charge in [-0.3, -0.25) is 4.79 Å². The molecule has 2 fully saturated rings. The number of hydrogen-bond acceptors (Lipinski definition) is 7. The summed E-state index contributed by atoms with van der Waals surface area (Å²) in [7, 11) is 0. The lowest BCUT2D eigenvalue weighted by atomic mass is 9.44. The molecule has 0 unspecified atom stereocenters. The van der Waals surface area contributed by atoms with E-state index >= 15 is 0 Å². The van der Waals surface area contributed by atoms with Crippen LogP contribution in [0.5, 0.6) is 0 Å². The number of allylic oxidation sites excluding steroid dienone is 4. The number of esters is 1. The van der Waals surface area contributed by atoms with Gasteiger partial charge in [0.25, 0.3) is 0 Å². The van der Waals surface area contributed by atoms with Crippen LogP contribution in [-0.2, 0) is 14.3 Å². The molecule has 0 aromatic heterocycles. The van der Waals surface area contributed by atoms with Crippen LogP contribution in [0.1, 0.15) is 73.1 Å². The van der Waals surface area contributed by atoms with Gasteiger partial charge < -0.3 is 25.2 Å². The van der Waals surface area contributed by atoms with Crippen LogP contribution in [0.2, 0.25) is 0 Å². The van der Waals surface area contributed by atoms with Gasteiger partial charge in [-0.15, -0.1) is 0 Å². The number of cyclic esters (lactones) is 1. The molecular formula is C28H38O7. The van der Waals surface area contributed by atoms with Gasteiger partial charge in [-0.1, -0.05) is 30.2 Å². The summed E-state index contributed by atoms with van der Waals surface area (Å²) in [6, 6.07) is 0. The van der Waals surface area contributed by atoms with Crippen LogP contribution in [0.4, 0.5) is 0 Å². The molecular weight excluding hydrogens is 448 g/mol. The Morgan fingerprint density at radius 2 is 1.83 bits per heavy atom. The quantitative estimate of drug-likeness (QED) is 0.349. The van der Waals surface area contributed by atoms with Crippen LogP contribution in [0, 0.1) is 22.7 Å². The van der Waals surface area contributed by atoms with Crippen LogP contribution in [0.15, 0.2) is 34.9 Å². The zero-order chi connectivity index (χ0) is 25.8. The number of fused-ring (bicyclic) bond motifs is 5. The van der Waals surface area contributed by atoms with Crippen molar-refractivity contribution in [3.63, 3.8) is 0 Å². The van der Waals surface area contributed by atoms with E-state index in [9.17, 15) is 30.0 Å².